The van der Waals surface area contributed by atoms with Gasteiger partial charge in [0.1, 0.15) is 5.69 Å². The lowest BCUT2D eigenvalue weighted by atomic mass is 10.2. The van der Waals surface area contributed by atoms with Crippen LogP contribution in [-0.4, -0.2) is 23.9 Å². The summed E-state index contributed by atoms with van der Waals surface area (Å²) in [7, 11) is 0. The van der Waals surface area contributed by atoms with Gasteiger partial charge in [-0.3, -0.25) is 4.79 Å². The maximum atomic E-state index is 12.7. The first-order chi connectivity index (χ1) is 9.64. The Kier molecular flexibility index (Phi) is 6.10. The van der Waals surface area contributed by atoms with Crippen LogP contribution in [0, 0.1) is 3.57 Å². The van der Waals surface area contributed by atoms with Gasteiger partial charge in [0.25, 0.3) is 6.43 Å². The van der Waals surface area contributed by atoms with Crippen LogP contribution in [0.2, 0.25) is 0 Å². The summed E-state index contributed by atoms with van der Waals surface area (Å²) >= 11 is 1.49. The van der Waals surface area contributed by atoms with Gasteiger partial charge in [0.15, 0.2) is 0 Å². The quantitative estimate of drug-likeness (QED) is 0.411. The van der Waals surface area contributed by atoms with Gasteiger partial charge in [0.2, 0.25) is 5.88 Å². The van der Waals surface area contributed by atoms with Gasteiger partial charge >= 0.3 is 12.3 Å². The Morgan fingerprint density at radius 3 is 2.52 bits per heavy atom. The number of rotatable bonds is 5. The predicted molar refractivity (Wildman–Crippen MR) is 68.9 cm³/mol. The number of esters is 1. The van der Waals surface area contributed by atoms with Crippen molar-refractivity contribution in [3.05, 3.63) is 20.9 Å². The molecular weight excluding hydrogens is 416 g/mol. The van der Waals surface area contributed by atoms with Crippen LogP contribution in [0.1, 0.15) is 24.6 Å². The van der Waals surface area contributed by atoms with E-state index in [4.69, 9.17) is 0 Å². The van der Waals surface area contributed by atoms with Gasteiger partial charge in [-0.05, 0) is 35.6 Å². The second kappa shape index (κ2) is 7.18. The summed E-state index contributed by atoms with van der Waals surface area (Å²) in [6.07, 6.45) is -8.74. The molecule has 0 amide bonds. The average Bonchev–Trinajstić information content (AvgIpc) is 2.30. The van der Waals surface area contributed by atoms with E-state index in [1.165, 1.54) is 29.5 Å². The van der Waals surface area contributed by atoms with Crippen molar-refractivity contribution in [1.29, 1.82) is 0 Å². The molecule has 118 valence electrons. The molecule has 1 aromatic heterocycles. The number of aromatic nitrogens is 1. The van der Waals surface area contributed by atoms with Crippen molar-refractivity contribution in [3.63, 3.8) is 0 Å². The van der Waals surface area contributed by atoms with Crippen molar-refractivity contribution in [3.8, 4) is 5.88 Å². The lowest BCUT2D eigenvalue weighted by molar-refractivity contribution is -0.276. The summed E-state index contributed by atoms with van der Waals surface area (Å²) in [5, 5.41) is 0. The Labute approximate surface area is 129 Å². The molecule has 1 heterocycles. The molecule has 0 spiro atoms. The molecule has 0 aliphatic rings. The summed E-state index contributed by atoms with van der Waals surface area (Å²) in [6, 6.07) is 0.993. The number of ether oxygens (including phenoxy) is 2. The number of carbonyl (C=O) groups is 1. The molecule has 0 aliphatic carbocycles. The topological polar surface area (TPSA) is 48.4 Å². The van der Waals surface area contributed by atoms with Gasteiger partial charge in [-0.1, -0.05) is 0 Å². The highest BCUT2D eigenvalue weighted by molar-refractivity contribution is 14.1. The molecule has 4 nitrogen and oxygen atoms in total. The minimum absolute atomic E-state index is 0.0356. The zero-order valence-electron chi connectivity index (χ0n) is 10.5. The Bertz CT molecular complexity index is 521. The van der Waals surface area contributed by atoms with Crippen LogP contribution in [0.15, 0.2) is 6.07 Å². The van der Waals surface area contributed by atoms with Crippen molar-refractivity contribution >= 4 is 28.6 Å². The zero-order chi connectivity index (χ0) is 16.2. The van der Waals surface area contributed by atoms with Gasteiger partial charge in [0, 0.05) is 9.13 Å². The van der Waals surface area contributed by atoms with E-state index in [-0.39, 0.29) is 15.7 Å². The van der Waals surface area contributed by atoms with E-state index in [1.807, 2.05) is 0 Å². The van der Waals surface area contributed by atoms with Gasteiger partial charge in [0.05, 0.1) is 13.0 Å². The number of nitrogens with zero attached hydrogens (tertiary/aromatic N) is 1. The maximum absolute atomic E-state index is 12.7. The largest absolute Gasteiger partial charge is 0.574 e. The Hall–Kier alpha value is -1.20. The van der Waals surface area contributed by atoms with Crippen LogP contribution in [0.3, 0.4) is 0 Å². The average molecular weight is 425 g/mol. The van der Waals surface area contributed by atoms with Gasteiger partial charge in [-0.25, -0.2) is 13.8 Å². The van der Waals surface area contributed by atoms with Crippen molar-refractivity contribution in [2.45, 2.75) is 26.1 Å². The molecule has 0 bridgehead atoms. The first-order valence-electron chi connectivity index (χ1n) is 5.52. The number of halogens is 6. The number of hydrogen-bond donors (Lipinski definition) is 0. The molecule has 0 N–H and O–H groups in total. The molecule has 0 saturated carbocycles. The molecule has 1 rings (SSSR count). The fourth-order valence-electron chi connectivity index (χ4n) is 1.37. The number of hydrogen-bond acceptors (Lipinski definition) is 4. The maximum Gasteiger partial charge on any atom is 0.574 e. The molecule has 0 aromatic carbocycles. The summed E-state index contributed by atoms with van der Waals surface area (Å²) in [5.41, 5.74) is -1.12. The van der Waals surface area contributed by atoms with Crippen LogP contribution >= 0.6 is 22.6 Å². The fraction of sp³-hybridized carbons (Fsp3) is 0.455. The molecule has 0 atom stereocenters. The summed E-state index contributed by atoms with van der Waals surface area (Å²) < 4.78 is 70.3. The van der Waals surface area contributed by atoms with E-state index >= 15 is 0 Å². The van der Waals surface area contributed by atoms with Gasteiger partial charge in [-0.2, -0.15) is 0 Å². The van der Waals surface area contributed by atoms with Crippen molar-refractivity contribution in [2.75, 3.05) is 6.61 Å². The van der Waals surface area contributed by atoms with Gasteiger partial charge < -0.3 is 9.47 Å². The second-order valence-electron chi connectivity index (χ2n) is 3.65. The number of alkyl halides is 5. The SMILES string of the molecule is CCOC(=O)Cc1cc(I)c(C(F)F)nc1OC(F)(F)F. The van der Waals surface area contributed by atoms with Crippen LogP contribution in [0.25, 0.3) is 0 Å². The molecule has 0 saturated heterocycles. The van der Waals surface area contributed by atoms with Crippen LogP contribution in [0.4, 0.5) is 22.0 Å². The molecule has 0 radical (unpaired) electrons. The third kappa shape index (κ3) is 5.59. The van der Waals surface area contributed by atoms with Gasteiger partial charge in [-0.15, -0.1) is 13.2 Å². The van der Waals surface area contributed by atoms with Crippen molar-refractivity contribution in [1.82, 2.24) is 4.98 Å². The summed E-state index contributed by atoms with van der Waals surface area (Å²) in [5.74, 6) is -1.89. The number of pyridine rings is 1. The Balaban J connectivity index is 3.20. The molecule has 0 fully saturated rings. The fourth-order valence-corrected chi connectivity index (χ4v) is 2.10. The monoisotopic (exact) mass is 425 g/mol. The lowest BCUT2D eigenvalue weighted by Crippen LogP contribution is -2.21. The van der Waals surface area contributed by atoms with Crippen LogP contribution in [0.5, 0.6) is 5.88 Å². The third-order valence-electron chi connectivity index (χ3n) is 2.10. The minimum atomic E-state index is -5.11. The molecule has 21 heavy (non-hydrogen) atoms. The molecule has 1 aromatic rings. The van der Waals surface area contributed by atoms with Crippen LogP contribution < -0.4 is 4.74 Å². The number of carbonyl (C=O) groups excluding carboxylic acids is 1. The molecule has 0 aliphatic heterocycles. The Morgan fingerprint density at radius 2 is 2.05 bits per heavy atom. The van der Waals surface area contributed by atoms with E-state index in [9.17, 15) is 26.7 Å². The smallest absolute Gasteiger partial charge is 0.466 e. The van der Waals surface area contributed by atoms with E-state index < -0.39 is 36.8 Å². The van der Waals surface area contributed by atoms with E-state index in [1.54, 1.807) is 0 Å². The lowest BCUT2D eigenvalue weighted by Gasteiger charge is -2.14. The first kappa shape index (κ1) is 17.9. The highest BCUT2D eigenvalue weighted by atomic mass is 127. The van der Waals surface area contributed by atoms with E-state index in [0.717, 1.165) is 6.07 Å². The summed E-state index contributed by atoms with van der Waals surface area (Å²) in [4.78, 5) is 14.5. The first-order valence-corrected chi connectivity index (χ1v) is 6.60. The van der Waals surface area contributed by atoms with Crippen molar-refractivity contribution < 1.29 is 36.2 Å². The third-order valence-corrected chi connectivity index (χ3v) is 2.97. The van der Waals surface area contributed by atoms with E-state index in [2.05, 4.69) is 14.5 Å². The van der Waals surface area contributed by atoms with Crippen LogP contribution in [-0.2, 0) is 16.0 Å². The second-order valence-corrected chi connectivity index (χ2v) is 4.81. The molecule has 0 unspecified atom stereocenters. The normalized spacial score (nSPS) is 11.6. The summed E-state index contributed by atoms with van der Waals surface area (Å²) in [6.45, 7) is 1.56. The standard InChI is InChI=1S/C11H9F5INO3/c1-2-20-7(19)4-5-3-6(17)8(9(12)13)18-10(5)21-11(14,15)16/h3,9H,2,4H2,1H3. The highest BCUT2D eigenvalue weighted by Gasteiger charge is 2.34. The predicted octanol–water partition coefficient (Wildman–Crippen LogP) is 3.63. The zero-order valence-corrected chi connectivity index (χ0v) is 12.7. The molecule has 10 heteroatoms. The van der Waals surface area contributed by atoms with E-state index in [0.29, 0.717) is 0 Å². The Morgan fingerprint density at radius 1 is 1.43 bits per heavy atom. The van der Waals surface area contributed by atoms with Crippen molar-refractivity contribution in [2.24, 2.45) is 0 Å². The minimum Gasteiger partial charge on any atom is -0.466 e. The highest BCUT2D eigenvalue weighted by Crippen LogP contribution is 2.31. The molecular formula is C11H9F5INO3.